The molecule has 4 rings (SSSR count). The fraction of sp³-hybridized carbons (Fsp3) is 0.240. The molecule has 0 saturated heterocycles. The van der Waals surface area contributed by atoms with Gasteiger partial charge in [0.25, 0.3) is 5.91 Å². The first-order valence-corrected chi connectivity index (χ1v) is 11.7. The Balaban J connectivity index is 1.62. The molecule has 3 N–H and O–H groups in total. The zero-order valence-corrected chi connectivity index (χ0v) is 20.9. The van der Waals surface area contributed by atoms with E-state index in [1.54, 1.807) is 36.2 Å². The topological polar surface area (TPSA) is 120 Å². The number of likely N-dealkylation sites (N-methyl/N-ethyl adjacent to an activating group) is 1. The van der Waals surface area contributed by atoms with Crippen LogP contribution in [0.15, 0.2) is 48.7 Å². The number of anilines is 5. The van der Waals surface area contributed by atoms with Gasteiger partial charge in [-0.15, -0.1) is 0 Å². The van der Waals surface area contributed by atoms with E-state index in [2.05, 4.69) is 25.9 Å². The summed E-state index contributed by atoms with van der Waals surface area (Å²) < 4.78 is 0. The number of hydrogen-bond acceptors (Lipinski definition) is 7. The lowest BCUT2D eigenvalue weighted by atomic mass is 10.1. The maximum atomic E-state index is 12.8. The summed E-state index contributed by atoms with van der Waals surface area (Å²) in [5.74, 6) is 0.0509. The number of halogens is 1. The summed E-state index contributed by atoms with van der Waals surface area (Å²) in [6, 6.07) is 12.6. The van der Waals surface area contributed by atoms with Crippen molar-refractivity contribution >= 4 is 58.2 Å². The van der Waals surface area contributed by atoms with Gasteiger partial charge in [-0.2, -0.15) is 4.98 Å². The Kier molecular flexibility index (Phi) is 7.35. The number of carbonyl (C=O) groups is 3. The zero-order valence-electron chi connectivity index (χ0n) is 20.1. The fourth-order valence-corrected chi connectivity index (χ4v) is 4.08. The fourth-order valence-electron chi connectivity index (χ4n) is 3.94. The van der Waals surface area contributed by atoms with E-state index in [4.69, 9.17) is 11.6 Å². The van der Waals surface area contributed by atoms with Gasteiger partial charge in [-0.1, -0.05) is 29.8 Å². The molecule has 1 aliphatic rings. The summed E-state index contributed by atoms with van der Waals surface area (Å²) in [6.45, 7) is 4.21. The predicted octanol–water partition coefficient (Wildman–Crippen LogP) is 3.69. The molecule has 0 saturated carbocycles. The second-order valence-electron chi connectivity index (χ2n) is 8.12. The largest absolute Gasteiger partial charge is 0.355 e. The van der Waals surface area contributed by atoms with Gasteiger partial charge in [-0.05, 0) is 36.8 Å². The predicted molar refractivity (Wildman–Crippen MR) is 139 cm³/mol. The van der Waals surface area contributed by atoms with Gasteiger partial charge in [0.2, 0.25) is 17.8 Å². The van der Waals surface area contributed by atoms with E-state index in [1.807, 2.05) is 25.1 Å². The van der Waals surface area contributed by atoms with Crippen molar-refractivity contribution in [3.63, 3.8) is 0 Å². The summed E-state index contributed by atoms with van der Waals surface area (Å²) in [7, 11) is 1.56. The number of amides is 3. The third kappa shape index (κ3) is 5.23. The lowest BCUT2D eigenvalue weighted by Gasteiger charge is -2.21. The summed E-state index contributed by atoms with van der Waals surface area (Å²) in [5.41, 5.74) is 3.24. The third-order valence-electron chi connectivity index (χ3n) is 5.78. The molecule has 2 aromatic carbocycles. The molecule has 3 amide bonds. The molecular formula is C25H26ClN7O3. The molecule has 0 spiro atoms. The van der Waals surface area contributed by atoms with Crippen LogP contribution in [0.1, 0.15) is 29.8 Å². The Bertz CT molecular complexity index is 1330. The second-order valence-corrected chi connectivity index (χ2v) is 8.53. The number of fused-ring (bicyclic) bond motifs is 1. The number of benzene rings is 2. The van der Waals surface area contributed by atoms with E-state index in [0.29, 0.717) is 35.8 Å². The average molecular weight is 508 g/mol. The third-order valence-corrected chi connectivity index (χ3v) is 6.05. The Morgan fingerprint density at radius 3 is 2.61 bits per heavy atom. The van der Waals surface area contributed by atoms with Crippen LogP contribution in [0.3, 0.4) is 0 Å². The summed E-state index contributed by atoms with van der Waals surface area (Å²) >= 11 is 6.33. The van der Waals surface area contributed by atoms with Crippen molar-refractivity contribution in [3.05, 3.63) is 64.8 Å². The molecule has 0 atom stereocenters. The standard InChI is InChI=1S/C25H26ClN7O3/c1-4-33-21-11-17(10-9-16(21)13-32(15(2)34)14-22(33)35)29-25-28-12-19(26)23(31-25)30-20-8-6-5-7-18(20)24(36)27-3/h5-12H,4,13-14H2,1-3H3,(H,27,36)(H2,28,29,30,31). The van der Waals surface area contributed by atoms with Crippen LogP contribution >= 0.6 is 11.6 Å². The van der Waals surface area contributed by atoms with Crippen LogP contribution in [0.5, 0.6) is 0 Å². The van der Waals surface area contributed by atoms with Crippen LogP contribution in [-0.4, -0.2) is 52.7 Å². The van der Waals surface area contributed by atoms with Gasteiger partial charge in [0.1, 0.15) is 11.6 Å². The van der Waals surface area contributed by atoms with Crippen LogP contribution in [0, 0.1) is 0 Å². The smallest absolute Gasteiger partial charge is 0.253 e. The van der Waals surface area contributed by atoms with Gasteiger partial charge in [0.05, 0.1) is 23.1 Å². The van der Waals surface area contributed by atoms with Crippen LogP contribution < -0.4 is 20.9 Å². The number of para-hydroxylation sites is 1. The minimum absolute atomic E-state index is 0.0352. The van der Waals surface area contributed by atoms with Crippen molar-refractivity contribution in [2.24, 2.45) is 0 Å². The quantitative estimate of drug-likeness (QED) is 0.465. The van der Waals surface area contributed by atoms with Crippen LogP contribution in [0.4, 0.5) is 28.8 Å². The molecule has 3 aromatic rings. The Morgan fingerprint density at radius 1 is 1.11 bits per heavy atom. The maximum absolute atomic E-state index is 12.8. The van der Waals surface area contributed by atoms with Gasteiger partial charge >= 0.3 is 0 Å². The van der Waals surface area contributed by atoms with E-state index in [-0.39, 0.29) is 35.2 Å². The molecular weight excluding hydrogens is 482 g/mol. The van der Waals surface area contributed by atoms with E-state index >= 15 is 0 Å². The van der Waals surface area contributed by atoms with E-state index in [1.165, 1.54) is 18.0 Å². The van der Waals surface area contributed by atoms with Gasteiger partial charge in [0, 0.05) is 32.7 Å². The van der Waals surface area contributed by atoms with Crippen molar-refractivity contribution in [2.45, 2.75) is 20.4 Å². The highest BCUT2D eigenvalue weighted by molar-refractivity contribution is 6.33. The molecule has 0 bridgehead atoms. The SMILES string of the molecule is CCN1C(=O)CN(C(C)=O)Cc2ccc(Nc3ncc(Cl)c(Nc4ccccc4C(=O)NC)n3)cc21. The molecule has 0 radical (unpaired) electrons. The zero-order chi connectivity index (χ0) is 25.8. The van der Waals surface area contributed by atoms with Crippen molar-refractivity contribution < 1.29 is 14.4 Å². The Morgan fingerprint density at radius 2 is 1.89 bits per heavy atom. The Hall–Kier alpha value is -4.18. The van der Waals surface area contributed by atoms with Crippen molar-refractivity contribution in [1.29, 1.82) is 0 Å². The van der Waals surface area contributed by atoms with Gasteiger partial charge < -0.3 is 25.8 Å². The highest BCUT2D eigenvalue weighted by atomic mass is 35.5. The minimum atomic E-state index is -0.245. The molecule has 0 fully saturated rings. The number of hydrogen-bond donors (Lipinski definition) is 3. The van der Waals surface area contributed by atoms with E-state index in [9.17, 15) is 14.4 Å². The number of rotatable bonds is 6. The van der Waals surface area contributed by atoms with Gasteiger partial charge in [0.15, 0.2) is 5.82 Å². The first-order chi connectivity index (χ1) is 17.3. The minimum Gasteiger partial charge on any atom is -0.355 e. The lowest BCUT2D eigenvalue weighted by molar-refractivity contribution is -0.133. The van der Waals surface area contributed by atoms with Gasteiger partial charge in [-0.3, -0.25) is 14.4 Å². The van der Waals surface area contributed by atoms with Crippen LogP contribution in [-0.2, 0) is 16.1 Å². The maximum Gasteiger partial charge on any atom is 0.253 e. The molecule has 36 heavy (non-hydrogen) atoms. The second kappa shape index (κ2) is 10.6. The molecule has 0 aliphatic carbocycles. The monoisotopic (exact) mass is 507 g/mol. The van der Waals surface area contributed by atoms with E-state index < -0.39 is 0 Å². The van der Waals surface area contributed by atoms with Crippen LogP contribution in [0.25, 0.3) is 0 Å². The molecule has 0 unspecified atom stereocenters. The highest BCUT2D eigenvalue weighted by Crippen LogP contribution is 2.31. The summed E-state index contributed by atoms with van der Waals surface area (Å²) in [6.07, 6.45) is 1.46. The molecule has 2 heterocycles. The lowest BCUT2D eigenvalue weighted by Crippen LogP contribution is -2.39. The Labute approximate surface area is 213 Å². The first-order valence-electron chi connectivity index (χ1n) is 11.4. The van der Waals surface area contributed by atoms with Crippen LogP contribution in [0.2, 0.25) is 5.02 Å². The molecule has 10 nitrogen and oxygen atoms in total. The van der Waals surface area contributed by atoms with Crippen molar-refractivity contribution in [3.8, 4) is 0 Å². The molecule has 11 heteroatoms. The highest BCUT2D eigenvalue weighted by Gasteiger charge is 2.27. The normalized spacial score (nSPS) is 13.1. The first kappa shape index (κ1) is 24.9. The number of carbonyl (C=O) groups excluding carboxylic acids is 3. The number of nitrogens with one attached hydrogen (secondary N) is 3. The number of nitrogens with zero attached hydrogens (tertiary/aromatic N) is 4. The average Bonchev–Trinajstić information content (AvgIpc) is 3.01. The molecule has 1 aromatic heterocycles. The van der Waals surface area contributed by atoms with Crippen molar-refractivity contribution in [2.75, 3.05) is 35.7 Å². The summed E-state index contributed by atoms with van der Waals surface area (Å²) in [5, 5.41) is 9.14. The van der Waals surface area contributed by atoms with Crippen molar-refractivity contribution in [1.82, 2.24) is 20.2 Å². The molecule has 1 aliphatic heterocycles. The number of aromatic nitrogens is 2. The molecule has 186 valence electrons. The summed E-state index contributed by atoms with van der Waals surface area (Å²) in [4.78, 5) is 48.9. The van der Waals surface area contributed by atoms with Gasteiger partial charge in [-0.25, -0.2) is 4.98 Å². The van der Waals surface area contributed by atoms with E-state index in [0.717, 1.165) is 11.3 Å².